The number of amides is 2. The molecule has 0 aliphatic carbocycles. The van der Waals surface area contributed by atoms with E-state index in [1.807, 2.05) is 12.1 Å². The number of fused-ring (bicyclic) bond motifs is 1. The molecule has 2 N–H and O–H groups in total. The van der Waals surface area contributed by atoms with Crippen LogP contribution >= 0.6 is 0 Å². The van der Waals surface area contributed by atoms with E-state index in [2.05, 4.69) is 39.6 Å². The molecule has 5 heteroatoms. The van der Waals surface area contributed by atoms with Gasteiger partial charge in [-0.15, -0.1) is 0 Å². The van der Waals surface area contributed by atoms with Gasteiger partial charge in [-0.1, -0.05) is 18.2 Å². The number of rotatable bonds is 5. The summed E-state index contributed by atoms with van der Waals surface area (Å²) in [5.74, 6) is -0.260. The summed E-state index contributed by atoms with van der Waals surface area (Å²) < 4.78 is 2.20. The molecule has 1 saturated heterocycles. The molecule has 0 radical (unpaired) electrons. The van der Waals surface area contributed by atoms with Crippen molar-refractivity contribution < 1.29 is 9.59 Å². The van der Waals surface area contributed by atoms with E-state index < -0.39 is 0 Å². The molecule has 1 fully saturated rings. The molecule has 3 rings (SSSR count). The molecule has 1 atom stereocenters. The summed E-state index contributed by atoms with van der Waals surface area (Å²) in [6.45, 7) is 1.97. The van der Waals surface area contributed by atoms with Crippen molar-refractivity contribution in [1.82, 2.24) is 15.2 Å². The van der Waals surface area contributed by atoms with Crippen molar-refractivity contribution in [2.75, 3.05) is 13.1 Å². The lowest BCUT2D eigenvalue weighted by molar-refractivity contribution is -0.126. The van der Waals surface area contributed by atoms with Crippen LogP contribution in [0.15, 0.2) is 36.5 Å². The molecule has 1 aliphatic rings. The summed E-state index contributed by atoms with van der Waals surface area (Å²) in [5, 5.41) is 6.82. The maximum absolute atomic E-state index is 11.9. The fourth-order valence-electron chi connectivity index (χ4n) is 2.73. The zero-order valence-electron chi connectivity index (χ0n) is 11.8. The van der Waals surface area contributed by atoms with Crippen LogP contribution in [0.25, 0.3) is 10.9 Å². The Morgan fingerprint density at radius 3 is 3.00 bits per heavy atom. The number of aryl methyl sites for hydroxylation is 1. The van der Waals surface area contributed by atoms with Gasteiger partial charge in [0.05, 0.1) is 5.92 Å². The number of hydrogen-bond donors (Lipinski definition) is 2. The average molecular weight is 285 g/mol. The number of para-hydroxylation sites is 1. The van der Waals surface area contributed by atoms with Crippen molar-refractivity contribution in [3.8, 4) is 0 Å². The maximum atomic E-state index is 11.9. The highest BCUT2D eigenvalue weighted by atomic mass is 16.2. The molecule has 2 aromatic rings. The number of carbonyl (C=O) groups excluding carboxylic acids is 2. The Balaban J connectivity index is 1.46. The summed E-state index contributed by atoms with van der Waals surface area (Å²) in [5.41, 5.74) is 1.22. The predicted molar refractivity (Wildman–Crippen MR) is 80.7 cm³/mol. The van der Waals surface area contributed by atoms with Crippen LogP contribution in [-0.4, -0.2) is 29.5 Å². The van der Waals surface area contributed by atoms with Gasteiger partial charge in [-0.3, -0.25) is 9.59 Å². The Morgan fingerprint density at radius 1 is 1.33 bits per heavy atom. The van der Waals surface area contributed by atoms with Crippen LogP contribution in [0.1, 0.15) is 12.8 Å². The van der Waals surface area contributed by atoms with E-state index in [1.165, 1.54) is 10.9 Å². The van der Waals surface area contributed by atoms with Gasteiger partial charge in [-0.25, -0.2) is 0 Å². The van der Waals surface area contributed by atoms with E-state index in [-0.39, 0.29) is 17.7 Å². The minimum absolute atomic E-state index is 0.0225. The molecule has 5 nitrogen and oxygen atoms in total. The number of benzene rings is 1. The molecule has 1 aromatic carbocycles. The first-order valence-electron chi connectivity index (χ1n) is 7.32. The molecule has 0 spiro atoms. The average Bonchev–Trinajstić information content (AvgIpc) is 3.10. The lowest BCUT2D eigenvalue weighted by Gasteiger charge is -2.10. The zero-order valence-corrected chi connectivity index (χ0v) is 11.8. The number of nitrogens with zero attached hydrogens (tertiary/aromatic N) is 1. The molecule has 1 unspecified atom stereocenters. The van der Waals surface area contributed by atoms with Crippen molar-refractivity contribution in [2.24, 2.45) is 5.92 Å². The van der Waals surface area contributed by atoms with Crippen LogP contribution < -0.4 is 10.6 Å². The molecular formula is C16H19N3O2. The van der Waals surface area contributed by atoms with Crippen molar-refractivity contribution >= 4 is 22.7 Å². The van der Waals surface area contributed by atoms with Crippen molar-refractivity contribution in [3.63, 3.8) is 0 Å². The van der Waals surface area contributed by atoms with Crippen LogP contribution in [0.3, 0.4) is 0 Å². The molecule has 1 aromatic heterocycles. The Morgan fingerprint density at radius 2 is 2.19 bits per heavy atom. The van der Waals surface area contributed by atoms with Crippen LogP contribution in [0, 0.1) is 5.92 Å². The fraction of sp³-hybridized carbons (Fsp3) is 0.375. The van der Waals surface area contributed by atoms with Crippen LogP contribution in [0.4, 0.5) is 0 Å². The van der Waals surface area contributed by atoms with Gasteiger partial charge in [0.2, 0.25) is 11.8 Å². The van der Waals surface area contributed by atoms with E-state index in [9.17, 15) is 9.59 Å². The van der Waals surface area contributed by atoms with Gasteiger partial charge in [0.25, 0.3) is 0 Å². The Hall–Kier alpha value is -2.30. The number of nitrogens with one attached hydrogen (secondary N) is 2. The van der Waals surface area contributed by atoms with E-state index in [0.717, 1.165) is 13.0 Å². The third kappa shape index (κ3) is 3.07. The Kier molecular flexibility index (Phi) is 3.90. The summed E-state index contributed by atoms with van der Waals surface area (Å²) in [7, 11) is 0. The zero-order chi connectivity index (χ0) is 14.7. The standard InChI is InChI=1S/C16H19N3O2/c20-15-10-13(11-18-15)16(21)17-7-3-8-19-9-6-12-4-1-2-5-14(12)19/h1-2,4-6,9,13H,3,7-8,10-11H2,(H,17,21)(H,18,20). The van der Waals surface area contributed by atoms with Gasteiger partial charge in [-0.2, -0.15) is 0 Å². The molecule has 0 saturated carbocycles. The lowest BCUT2D eigenvalue weighted by atomic mass is 10.1. The van der Waals surface area contributed by atoms with E-state index in [1.54, 1.807) is 0 Å². The second-order valence-electron chi connectivity index (χ2n) is 5.42. The largest absolute Gasteiger partial charge is 0.356 e. The first-order valence-corrected chi connectivity index (χ1v) is 7.32. The number of carbonyl (C=O) groups is 2. The van der Waals surface area contributed by atoms with Gasteiger partial charge in [0.15, 0.2) is 0 Å². The Labute approximate surface area is 123 Å². The minimum Gasteiger partial charge on any atom is -0.356 e. The van der Waals surface area contributed by atoms with Crippen LogP contribution in [0.2, 0.25) is 0 Å². The van der Waals surface area contributed by atoms with Crippen LogP contribution in [-0.2, 0) is 16.1 Å². The first-order chi connectivity index (χ1) is 10.2. The lowest BCUT2D eigenvalue weighted by Crippen LogP contribution is -2.32. The van der Waals surface area contributed by atoms with Gasteiger partial charge in [0.1, 0.15) is 0 Å². The molecule has 110 valence electrons. The SMILES string of the molecule is O=C1CC(C(=O)NCCCn2ccc3ccccc32)CN1. The highest BCUT2D eigenvalue weighted by Crippen LogP contribution is 2.15. The van der Waals surface area contributed by atoms with Gasteiger partial charge in [-0.05, 0) is 23.9 Å². The maximum Gasteiger partial charge on any atom is 0.225 e. The van der Waals surface area contributed by atoms with E-state index in [0.29, 0.717) is 19.5 Å². The highest BCUT2D eigenvalue weighted by molar-refractivity contribution is 5.89. The summed E-state index contributed by atoms with van der Waals surface area (Å²) in [4.78, 5) is 22.9. The van der Waals surface area contributed by atoms with Crippen molar-refractivity contribution in [1.29, 1.82) is 0 Å². The molecule has 0 bridgehead atoms. The summed E-state index contributed by atoms with van der Waals surface area (Å²) in [6, 6.07) is 10.4. The monoisotopic (exact) mass is 285 g/mol. The van der Waals surface area contributed by atoms with Crippen molar-refractivity contribution in [2.45, 2.75) is 19.4 Å². The molecule has 2 heterocycles. The first kappa shape index (κ1) is 13.7. The van der Waals surface area contributed by atoms with Gasteiger partial charge >= 0.3 is 0 Å². The topological polar surface area (TPSA) is 63.1 Å². The normalized spacial score (nSPS) is 17.9. The smallest absolute Gasteiger partial charge is 0.225 e. The quantitative estimate of drug-likeness (QED) is 0.813. The van der Waals surface area contributed by atoms with Crippen molar-refractivity contribution in [3.05, 3.63) is 36.5 Å². The number of hydrogen-bond acceptors (Lipinski definition) is 2. The third-order valence-electron chi connectivity index (χ3n) is 3.90. The van der Waals surface area contributed by atoms with Gasteiger partial charge in [0, 0.05) is 37.8 Å². The van der Waals surface area contributed by atoms with Gasteiger partial charge < -0.3 is 15.2 Å². The molecule has 2 amide bonds. The predicted octanol–water partition coefficient (Wildman–Crippen LogP) is 1.28. The second-order valence-corrected chi connectivity index (χ2v) is 5.42. The highest BCUT2D eigenvalue weighted by Gasteiger charge is 2.27. The molecular weight excluding hydrogens is 266 g/mol. The summed E-state index contributed by atoms with van der Waals surface area (Å²) in [6.07, 6.45) is 3.26. The molecule has 1 aliphatic heterocycles. The number of aromatic nitrogens is 1. The Bertz CT molecular complexity index is 662. The second kappa shape index (κ2) is 5.99. The van der Waals surface area contributed by atoms with E-state index >= 15 is 0 Å². The fourth-order valence-corrected chi connectivity index (χ4v) is 2.73. The molecule has 21 heavy (non-hydrogen) atoms. The third-order valence-corrected chi connectivity index (χ3v) is 3.90. The minimum atomic E-state index is -0.204. The van der Waals surface area contributed by atoms with E-state index in [4.69, 9.17) is 0 Å². The summed E-state index contributed by atoms with van der Waals surface area (Å²) >= 11 is 0. The van der Waals surface area contributed by atoms with Crippen LogP contribution in [0.5, 0.6) is 0 Å².